The molecule has 126 valence electrons. The van der Waals surface area contributed by atoms with E-state index in [-0.39, 0.29) is 5.91 Å². The molecule has 23 heavy (non-hydrogen) atoms. The first-order chi connectivity index (χ1) is 11.2. The molecule has 5 nitrogen and oxygen atoms in total. The number of nitrogens with zero attached hydrogens (tertiary/aromatic N) is 2. The fourth-order valence-corrected chi connectivity index (χ4v) is 3.20. The fraction of sp³-hybridized carbons (Fsp3) is 0.611. The lowest BCUT2D eigenvalue weighted by Crippen LogP contribution is -2.43. The number of hydrogen-bond acceptors (Lipinski definition) is 4. The van der Waals surface area contributed by atoms with Crippen molar-refractivity contribution in [3.8, 4) is 0 Å². The second kappa shape index (κ2) is 7.90. The standard InChI is InChI=1S/C18H27N3O2/c1-20-8-6-17(7-9-20)19-18(22)16-4-2-15(3-5-16)14-21-10-12-23-13-11-21/h2-5,17H,6-14H2,1H3,(H,19,22). The number of piperidine rings is 1. The van der Waals surface area contributed by atoms with Gasteiger partial charge in [0.1, 0.15) is 0 Å². The average Bonchev–Trinajstić information content (AvgIpc) is 2.58. The van der Waals surface area contributed by atoms with E-state index in [1.54, 1.807) is 0 Å². The number of benzene rings is 1. The van der Waals surface area contributed by atoms with E-state index in [9.17, 15) is 4.79 Å². The van der Waals surface area contributed by atoms with Crippen LogP contribution < -0.4 is 5.32 Å². The zero-order valence-corrected chi connectivity index (χ0v) is 14.0. The van der Waals surface area contributed by atoms with Crippen molar-refractivity contribution in [1.82, 2.24) is 15.1 Å². The van der Waals surface area contributed by atoms with Crippen molar-refractivity contribution in [2.24, 2.45) is 0 Å². The van der Waals surface area contributed by atoms with Gasteiger partial charge in [0.2, 0.25) is 0 Å². The third-order valence-corrected chi connectivity index (χ3v) is 4.78. The molecular weight excluding hydrogens is 290 g/mol. The summed E-state index contributed by atoms with van der Waals surface area (Å²) in [5.41, 5.74) is 2.01. The molecule has 2 aliphatic rings. The van der Waals surface area contributed by atoms with Crippen LogP contribution in [0.5, 0.6) is 0 Å². The first kappa shape index (κ1) is 16.4. The monoisotopic (exact) mass is 317 g/mol. The van der Waals surface area contributed by atoms with Gasteiger partial charge in [-0.05, 0) is 50.7 Å². The Hall–Kier alpha value is -1.43. The van der Waals surface area contributed by atoms with Gasteiger partial charge >= 0.3 is 0 Å². The molecule has 2 aliphatic heterocycles. The molecular formula is C18H27N3O2. The number of ether oxygens (including phenoxy) is 1. The quantitative estimate of drug-likeness (QED) is 0.910. The molecule has 1 amide bonds. The van der Waals surface area contributed by atoms with Crippen LogP contribution in [0.3, 0.4) is 0 Å². The summed E-state index contributed by atoms with van der Waals surface area (Å²) in [5.74, 6) is 0.0532. The Morgan fingerprint density at radius 2 is 1.78 bits per heavy atom. The van der Waals surface area contributed by atoms with Gasteiger partial charge in [-0.25, -0.2) is 0 Å². The predicted molar refractivity (Wildman–Crippen MR) is 90.5 cm³/mol. The normalized spacial score (nSPS) is 21.3. The lowest BCUT2D eigenvalue weighted by molar-refractivity contribution is 0.0342. The number of likely N-dealkylation sites (tertiary alicyclic amines) is 1. The van der Waals surface area contributed by atoms with Crippen molar-refractivity contribution < 1.29 is 9.53 Å². The molecule has 0 bridgehead atoms. The maximum atomic E-state index is 12.3. The minimum Gasteiger partial charge on any atom is -0.379 e. The van der Waals surface area contributed by atoms with Crippen LogP contribution in [0.2, 0.25) is 0 Å². The topological polar surface area (TPSA) is 44.8 Å². The predicted octanol–water partition coefficient (Wildman–Crippen LogP) is 1.34. The first-order valence-electron chi connectivity index (χ1n) is 8.59. The highest BCUT2D eigenvalue weighted by Crippen LogP contribution is 2.12. The Bertz CT molecular complexity index is 504. The molecule has 0 aliphatic carbocycles. The highest BCUT2D eigenvalue weighted by atomic mass is 16.5. The van der Waals surface area contributed by atoms with E-state index < -0.39 is 0 Å². The number of nitrogens with one attached hydrogen (secondary N) is 1. The van der Waals surface area contributed by atoms with Crippen molar-refractivity contribution in [3.05, 3.63) is 35.4 Å². The maximum Gasteiger partial charge on any atom is 0.251 e. The third kappa shape index (κ3) is 4.77. The van der Waals surface area contributed by atoms with Crippen LogP contribution in [0.1, 0.15) is 28.8 Å². The van der Waals surface area contributed by atoms with E-state index in [1.165, 1.54) is 5.56 Å². The van der Waals surface area contributed by atoms with Gasteiger partial charge in [0.25, 0.3) is 5.91 Å². The zero-order chi connectivity index (χ0) is 16.1. The van der Waals surface area contributed by atoms with E-state index >= 15 is 0 Å². The highest BCUT2D eigenvalue weighted by molar-refractivity contribution is 5.94. The minimum absolute atomic E-state index is 0.0532. The summed E-state index contributed by atoms with van der Waals surface area (Å²) in [6.45, 7) is 6.65. The molecule has 5 heteroatoms. The molecule has 0 radical (unpaired) electrons. The maximum absolute atomic E-state index is 12.3. The lowest BCUT2D eigenvalue weighted by atomic mass is 10.0. The summed E-state index contributed by atoms with van der Waals surface area (Å²) >= 11 is 0. The molecule has 0 unspecified atom stereocenters. The average molecular weight is 317 g/mol. The number of amides is 1. The van der Waals surface area contributed by atoms with Crippen LogP contribution >= 0.6 is 0 Å². The molecule has 1 aromatic rings. The van der Waals surface area contributed by atoms with Gasteiger partial charge in [-0.3, -0.25) is 9.69 Å². The van der Waals surface area contributed by atoms with Gasteiger partial charge in [-0.2, -0.15) is 0 Å². The summed E-state index contributed by atoms with van der Waals surface area (Å²) in [7, 11) is 2.13. The SMILES string of the molecule is CN1CCC(NC(=O)c2ccc(CN3CCOCC3)cc2)CC1. The number of carbonyl (C=O) groups excluding carboxylic acids is 1. The molecule has 0 spiro atoms. The molecule has 2 heterocycles. The summed E-state index contributed by atoms with van der Waals surface area (Å²) in [5, 5.41) is 3.16. The fourth-order valence-electron chi connectivity index (χ4n) is 3.20. The second-order valence-corrected chi connectivity index (χ2v) is 6.64. The summed E-state index contributed by atoms with van der Waals surface area (Å²) < 4.78 is 5.37. The molecule has 1 aromatic carbocycles. The Balaban J connectivity index is 1.50. The largest absolute Gasteiger partial charge is 0.379 e. The van der Waals surface area contributed by atoms with Crippen molar-refractivity contribution in [1.29, 1.82) is 0 Å². The molecule has 0 atom stereocenters. The Morgan fingerprint density at radius 3 is 2.43 bits per heavy atom. The van der Waals surface area contributed by atoms with Crippen molar-refractivity contribution in [2.75, 3.05) is 46.4 Å². The number of rotatable bonds is 4. The lowest BCUT2D eigenvalue weighted by Gasteiger charge is -2.29. The zero-order valence-electron chi connectivity index (χ0n) is 14.0. The smallest absolute Gasteiger partial charge is 0.251 e. The van der Waals surface area contributed by atoms with Crippen LogP contribution in [0.15, 0.2) is 24.3 Å². The van der Waals surface area contributed by atoms with E-state index in [4.69, 9.17) is 4.74 Å². The van der Waals surface area contributed by atoms with Gasteiger partial charge in [0.15, 0.2) is 0 Å². The van der Waals surface area contributed by atoms with Gasteiger partial charge in [0, 0.05) is 31.2 Å². The van der Waals surface area contributed by atoms with Crippen LogP contribution in [0.25, 0.3) is 0 Å². The number of carbonyl (C=O) groups is 1. The third-order valence-electron chi connectivity index (χ3n) is 4.78. The van der Waals surface area contributed by atoms with Crippen LogP contribution in [-0.4, -0.2) is 68.2 Å². The number of hydrogen-bond donors (Lipinski definition) is 1. The summed E-state index contributed by atoms with van der Waals surface area (Å²) in [6, 6.07) is 8.34. The van der Waals surface area contributed by atoms with Crippen LogP contribution in [0, 0.1) is 0 Å². The molecule has 1 N–H and O–H groups in total. The van der Waals surface area contributed by atoms with E-state index in [0.717, 1.165) is 64.3 Å². The molecule has 2 fully saturated rings. The van der Waals surface area contributed by atoms with Gasteiger partial charge in [-0.15, -0.1) is 0 Å². The van der Waals surface area contributed by atoms with E-state index in [2.05, 4.69) is 34.3 Å². The Labute approximate surface area is 138 Å². The minimum atomic E-state index is 0.0532. The summed E-state index contributed by atoms with van der Waals surface area (Å²) in [4.78, 5) is 17.0. The van der Waals surface area contributed by atoms with Gasteiger partial charge in [0.05, 0.1) is 13.2 Å². The molecule has 2 saturated heterocycles. The van der Waals surface area contributed by atoms with Crippen LogP contribution in [0.4, 0.5) is 0 Å². The highest BCUT2D eigenvalue weighted by Gasteiger charge is 2.19. The van der Waals surface area contributed by atoms with Crippen molar-refractivity contribution >= 4 is 5.91 Å². The second-order valence-electron chi connectivity index (χ2n) is 6.64. The van der Waals surface area contributed by atoms with Gasteiger partial charge in [-0.1, -0.05) is 12.1 Å². The van der Waals surface area contributed by atoms with Crippen LogP contribution in [-0.2, 0) is 11.3 Å². The number of morpholine rings is 1. The molecule has 0 saturated carbocycles. The van der Waals surface area contributed by atoms with Crippen molar-refractivity contribution in [2.45, 2.75) is 25.4 Å². The van der Waals surface area contributed by atoms with E-state index in [1.807, 2.05) is 12.1 Å². The van der Waals surface area contributed by atoms with Crippen molar-refractivity contribution in [3.63, 3.8) is 0 Å². The Morgan fingerprint density at radius 1 is 1.13 bits per heavy atom. The van der Waals surface area contributed by atoms with Gasteiger partial charge < -0.3 is 15.0 Å². The first-order valence-corrected chi connectivity index (χ1v) is 8.59. The summed E-state index contributed by atoms with van der Waals surface area (Å²) in [6.07, 6.45) is 2.08. The molecule has 3 rings (SSSR count). The Kier molecular flexibility index (Phi) is 5.65. The molecule has 0 aromatic heterocycles. The van der Waals surface area contributed by atoms with E-state index in [0.29, 0.717) is 6.04 Å².